The molecule has 0 spiro atoms. The maximum atomic E-state index is 11.9. The van der Waals surface area contributed by atoms with Gasteiger partial charge in [0.1, 0.15) is 11.3 Å². The summed E-state index contributed by atoms with van der Waals surface area (Å²) in [7, 11) is 0. The summed E-state index contributed by atoms with van der Waals surface area (Å²) in [5.74, 6) is -0.0298. The lowest BCUT2D eigenvalue weighted by molar-refractivity contribution is -0.385. The summed E-state index contributed by atoms with van der Waals surface area (Å²) in [6, 6.07) is 7.50. The van der Waals surface area contributed by atoms with E-state index < -0.39 is 10.9 Å². The predicted octanol–water partition coefficient (Wildman–Crippen LogP) is 5.85. The fraction of sp³-hybridized carbons (Fsp3) is 0.133. The molecule has 0 amide bonds. The van der Waals surface area contributed by atoms with Gasteiger partial charge in [-0.15, -0.1) is 0 Å². The zero-order valence-corrected chi connectivity index (χ0v) is 17.0. The van der Waals surface area contributed by atoms with Crippen molar-refractivity contribution in [3.8, 4) is 11.5 Å². The van der Waals surface area contributed by atoms with Crippen LogP contribution in [0.25, 0.3) is 0 Å². The fourth-order valence-electron chi connectivity index (χ4n) is 1.85. The normalized spacial score (nSPS) is 10.3. The molecule has 0 saturated heterocycles. The number of nitro benzene ring substituents is 1. The molecule has 126 valence electrons. The van der Waals surface area contributed by atoms with E-state index in [9.17, 15) is 14.9 Å². The van der Waals surface area contributed by atoms with Gasteiger partial charge in [0, 0.05) is 16.6 Å². The average Bonchev–Trinajstić information content (AvgIpc) is 2.50. The summed E-state index contributed by atoms with van der Waals surface area (Å²) in [6.07, 6.45) is 0. The second-order valence-corrected chi connectivity index (χ2v) is 7.08. The van der Waals surface area contributed by atoms with Crippen LogP contribution in [0, 0.1) is 10.1 Å². The summed E-state index contributed by atoms with van der Waals surface area (Å²) in [6.45, 7) is 1.74. The van der Waals surface area contributed by atoms with Gasteiger partial charge in [0.15, 0.2) is 5.75 Å². The second kappa shape index (κ2) is 8.09. The number of nitro groups is 1. The lowest BCUT2D eigenvalue weighted by Gasteiger charge is -2.11. The lowest BCUT2D eigenvalue weighted by atomic mass is 10.1. The molecule has 0 aliphatic heterocycles. The Balaban J connectivity index is 2.44. The van der Waals surface area contributed by atoms with E-state index in [2.05, 4.69) is 47.8 Å². The second-order valence-electron chi connectivity index (χ2n) is 4.46. The van der Waals surface area contributed by atoms with Crippen molar-refractivity contribution in [1.29, 1.82) is 0 Å². The van der Waals surface area contributed by atoms with Crippen LogP contribution < -0.4 is 4.74 Å². The molecule has 0 unspecified atom stereocenters. The van der Waals surface area contributed by atoms with Crippen molar-refractivity contribution in [3.05, 3.63) is 59.4 Å². The number of hydrogen-bond donors (Lipinski definition) is 0. The van der Waals surface area contributed by atoms with E-state index in [4.69, 9.17) is 9.47 Å². The van der Waals surface area contributed by atoms with Gasteiger partial charge >= 0.3 is 5.97 Å². The molecule has 0 N–H and O–H groups in total. The van der Waals surface area contributed by atoms with E-state index in [1.54, 1.807) is 19.1 Å². The standard InChI is InChI=1S/C15H10Br3NO5/c1-2-23-15(20)10-7-9(3-4-13(10)19(21)22)24-14-11(17)5-8(16)6-12(14)18/h3-7H,2H2,1H3. The van der Waals surface area contributed by atoms with E-state index in [1.807, 2.05) is 0 Å². The number of nitrogens with zero attached hydrogens (tertiary/aromatic N) is 1. The van der Waals surface area contributed by atoms with Gasteiger partial charge in [-0.25, -0.2) is 4.79 Å². The van der Waals surface area contributed by atoms with E-state index in [1.165, 1.54) is 18.2 Å². The Bertz CT molecular complexity index is 787. The molecule has 24 heavy (non-hydrogen) atoms. The molecule has 9 heteroatoms. The van der Waals surface area contributed by atoms with Gasteiger partial charge < -0.3 is 9.47 Å². The summed E-state index contributed by atoms with van der Waals surface area (Å²) in [5.41, 5.74) is -0.501. The first-order chi connectivity index (χ1) is 11.3. The van der Waals surface area contributed by atoms with Crippen LogP contribution in [-0.4, -0.2) is 17.5 Å². The van der Waals surface area contributed by atoms with Crippen LogP contribution in [0.2, 0.25) is 0 Å². The van der Waals surface area contributed by atoms with Crippen LogP contribution >= 0.6 is 47.8 Å². The molecule has 0 atom stereocenters. The van der Waals surface area contributed by atoms with E-state index >= 15 is 0 Å². The Morgan fingerprint density at radius 3 is 2.33 bits per heavy atom. The molecule has 6 nitrogen and oxygen atoms in total. The van der Waals surface area contributed by atoms with Gasteiger partial charge in [-0.3, -0.25) is 10.1 Å². The van der Waals surface area contributed by atoms with Gasteiger partial charge in [-0.05, 0) is 57.0 Å². The van der Waals surface area contributed by atoms with Crippen LogP contribution in [-0.2, 0) is 4.74 Å². The Morgan fingerprint density at radius 1 is 1.17 bits per heavy atom. The first-order valence-corrected chi connectivity index (χ1v) is 8.99. The lowest BCUT2D eigenvalue weighted by Crippen LogP contribution is -2.08. The van der Waals surface area contributed by atoms with Gasteiger partial charge in [0.25, 0.3) is 5.69 Å². The van der Waals surface area contributed by atoms with Gasteiger partial charge in [0.05, 0.1) is 20.5 Å². The molecular formula is C15H10Br3NO5. The van der Waals surface area contributed by atoms with Crippen molar-refractivity contribution >= 4 is 59.4 Å². The van der Waals surface area contributed by atoms with Crippen molar-refractivity contribution in [2.75, 3.05) is 6.61 Å². The van der Waals surface area contributed by atoms with Crippen LogP contribution in [0.5, 0.6) is 11.5 Å². The smallest absolute Gasteiger partial charge is 0.345 e. The zero-order valence-electron chi connectivity index (χ0n) is 12.2. The highest BCUT2D eigenvalue weighted by molar-refractivity contribution is 9.11. The average molecular weight is 524 g/mol. The highest BCUT2D eigenvalue weighted by atomic mass is 79.9. The van der Waals surface area contributed by atoms with Crippen LogP contribution in [0.15, 0.2) is 43.7 Å². The summed E-state index contributed by atoms with van der Waals surface area (Å²) < 4.78 is 12.8. The SMILES string of the molecule is CCOC(=O)c1cc(Oc2c(Br)cc(Br)cc2Br)ccc1[N+](=O)[O-]. The molecule has 0 heterocycles. The van der Waals surface area contributed by atoms with Crippen molar-refractivity contribution in [3.63, 3.8) is 0 Å². The number of carbonyl (C=O) groups excluding carboxylic acids is 1. The largest absolute Gasteiger partial charge is 0.462 e. The molecule has 0 saturated carbocycles. The monoisotopic (exact) mass is 521 g/mol. The first-order valence-electron chi connectivity index (χ1n) is 6.61. The third-order valence-electron chi connectivity index (χ3n) is 2.84. The minimum Gasteiger partial charge on any atom is -0.462 e. The van der Waals surface area contributed by atoms with Crippen molar-refractivity contribution in [2.24, 2.45) is 0 Å². The Morgan fingerprint density at radius 2 is 1.79 bits per heavy atom. The molecule has 2 aromatic rings. The van der Waals surface area contributed by atoms with Crippen molar-refractivity contribution in [2.45, 2.75) is 6.92 Å². The molecule has 0 aromatic heterocycles. The molecule has 0 bridgehead atoms. The van der Waals surface area contributed by atoms with Gasteiger partial charge in [-0.2, -0.15) is 0 Å². The van der Waals surface area contributed by atoms with Crippen molar-refractivity contribution < 1.29 is 19.2 Å². The number of rotatable bonds is 5. The summed E-state index contributed by atoms with van der Waals surface area (Å²) in [5, 5.41) is 11.1. The molecule has 0 radical (unpaired) electrons. The number of hydrogen-bond acceptors (Lipinski definition) is 5. The van der Waals surface area contributed by atoms with E-state index in [0.717, 1.165) is 4.47 Å². The quantitative estimate of drug-likeness (QED) is 0.279. The Labute approximate surface area is 162 Å². The van der Waals surface area contributed by atoms with Crippen LogP contribution in [0.4, 0.5) is 5.69 Å². The van der Waals surface area contributed by atoms with Gasteiger partial charge in [0.2, 0.25) is 0 Å². The molecule has 2 rings (SSSR count). The third-order valence-corrected chi connectivity index (χ3v) is 4.48. The predicted molar refractivity (Wildman–Crippen MR) is 98.7 cm³/mol. The maximum absolute atomic E-state index is 11.9. The number of carbonyl (C=O) groups is 1. The van der Waals surface area contributed by atoms with E-state index in [0.29, 0.717) is 14.7 Å². The van der Waals surface area contributed by atoms with E-state index in [-0.39, 0.29) is 23.6 Å². The highest BCUT2D eigenvalue weighted by Crippen LogP contribution is 2.39. The number of halogens is 3. The zero-order chi connectivity index (χ0) is 17.9. The molecule has 0 fully saturated rings. The van der Waals surface area contributed by atoms with Crippen LogP contribution in [0.3, 0.4) is 0 Å². The summed E-state index contributed by atoms with van der Waals surface area (Å²) in [4.78, 5) is 22.4. The van der Waals surface area contributed by atoms with Gasteiger partial charge in [-0.1, -0.05) is 15.9 Å². The number of benzene rings is 2. The number of ether oxygens (including phenoxy) is 2. The topological polar surface area (TPSA) is 78.7 Å². The maximum Gasteiger partial charge on any atom is 0.345 e. The Hall–Kier alpha value is -1.45. The number of esters is 1. The molecular weight excluding hydrogens is 514 g/mol. The minimum atomic E-state index is -0.774. The minimum absolute atomic E-state index is 0.116. The van der Waals surface area contributed by atoms with Crippen LogP contribution in [0.1, 0.15) is 17.3 Å². The third kappa shape index (κ3) is 4.34. The molecule has 0 aliphatic carbocycles. The Kier molecular flexibility index (Phi) is 6.36. The fourth-order valence-corrected chi connectivity index (χ4v) is 4.28. The highest BCUT2D eigenvalue weighted by Gasteiger charge is 2.23. The molecule has 2 aromatic carbocycles. The van der Waals surface area contributed by atoms with Crippen molar-refractivity contribution in [1.82, 2.24) is 0 Å². The first kappa shape index (κ1) is 18.9. The molecule has 0 aliphatic rings. The summed E-state index contributed by atoms with van der Waals surface area (Å²) >= 11 is 10.1.